The maximum absolute atomic E-state index is 11.9. The fourth-order valence-electron chi connectivity index (χ4n) is 3.57. The number of benzene rings is 3. The number of hydrogen-bond acceptors (Lipinski definition) is 2. The van der Waals surface area contributed by atoms with Gasteiger partial charge in [-0.15, -0.1) is 0 Å². The topological polar surface area (TPSA) is 55.1 Å². The van der Waals surface area contributed by atoms with Gasteiger partial charge in [-0.1, -0.05) is 54.6 Å². The highest BCUT2D eigenvalue weighted by Gasteiger charge is 2.44. The molecular weight excluding hydrogens is 363 g/mol. The average Bonchev–Trinajstić information content (AvgIpc) is 2.75. The number of hydrogen-bond donors (Lipinski definition) is 2. The molecule has 0 radical (unpaired) electrons. The third-order valence-corrected chi connectivity index (χ3v) is 9.50. The summed E-state index contributed by atoms with van der Waals surface area (Å²) in [4.78, 5) is 11.9. The van der Waals surface area contributed by atoms with E-state index in [1.807, 2.05) is 0 Å². The van der Waals surface area contributed by atoms with Crippen LogP contribution in [0.1, 0.15) is 13.3 Å². The van der Waals surface area contributed by atoms with Gasteiger partial charge in [0, 0.05) is 6.54 Å². The van der Waals surface area contributed by atoms with Crippen molar-refractivity contribution < 1.29 is 4.79 Å². The number of nitrogens with one attached hydrogen (secondary N) is 1. The highest BCUT2D eigenvalue weighted by Crippen LogP contribution is 2.55. The maximum Gasteiger partial charge on any atom is 0.236 e. The molecule has 0 spiro atoms. The molecule has 3 aromatic rings. The fraction of sp³-hybridized carbons (Fsp3) is 0.208. The second-order valence-corrected chi connectivity index (χ2v) is 10.6. The zero-order valence-electron chi connectivity index (χ0n) is 16.3. The zero-order valence-corrected chi connectivity index (χ0v) is 17.2. The third kappa shape index (κ3) is 4.49. The number of rotatable bonds is 8. The van der Waals surface area contributed by atoms with Gasteiger partial charge in [-0.25, -0.2) is 0 Å². The largest absolute Gasteiger partial charge is 0.355 e. The van der Waals surface area contributed by atoms with Crippen LogP contribution in [-0.2, 0) is 4.79 Å². The molecular formula is C24H28N2OP+. The molecule has 144 valence electrons. The molecule has 3 N–H and O–H groups in total. The minimum Gasteiger partial charge on any atom is -0.355 e. The summed E-state index contributed by atoms with van der Waals surface area (Å²) < 4.78 is 0. The molecule has 28 heavy (non-hydrogen) atoms. The number of carbonyl (C=O) groups excluding carboxylic acids is 1. The fourth-order valence-corrected chi connectivity index (χ4v) is 7.92. The number of nitrogens with two attached hydrogens (primary N) is 1. The smallest absolute Gasteiger partial charge is 0.236 e. The van der Waals surface area contributed by atoms with Crippen LogP contribution in [0, 0.1) is 0 Å². The first-order chi connectivity index (χ1) is 13.6. The van der Waals surface area contributed by atoms with Gasteiger partial charge < -0.3 is 11.1 Å². The summed E-state index contributed by atoms with van der Waals surface area (Å²) in [6.07, 6.45) is 1.88. The van der Waals surface area contributed by atoms with Crippen LogP contribution in [0.4, 0.5) is 0 Å². The summed E-state index contributed by atoms with van der Waals surface area (Å²) in [5.74, 6) is -0.0944. The Kier molecular flexibility index (Phi) is 6.97. The average molecular weight is 391 g/mol. The lowest BCUT2D eigenvalue weighted by Crippen LogP contribution is -2.39. The van der Waals surface area contributed by atoms with Gasteiger partial charge >= 0.3 is 0 Å². The molecule has 0 aromatic heterocycles. The highest BCUT2D eigenvalue weighted by atomic mass is 31.2. The second-order valence-electron chi connectivity index (χ2n) is 6.97. The van der Waals surface area contributed by atoms with Crippen molar-refractivity contribution >= 4 is 29.1 Å². The summed E-state index contributed by atoms with van der Waals surface area (Å²) in [5.41, 5.74) is 5.67. The van der Waals surface area contributed by atoms with Crippen molar-refractivity contribution in [2.75, 3.05) is 12.7 Å². The lowest BCUT2D eigenvalue weighted by atomic mass is 10.3. The van der Waals surface area contributed by atoms with Crippen LogP contribution >= 0.6 is 7.26 Å². The monoisotopic (exact) mass is 391 g/mol. The van der Waals surface area contributed by atoms with Crippen LogP contribution in [0.5, 0.6) is 0 Å². The molecule has 1 atom stereocenters. The first-order valence-corrected chi connectivity index (χ1v) is 11.7. The van der Waals surface area contributed by atoms with Crippen LogP contribution in [0.25, 0.3) is 0 Å². The summed E-state index contributed by atoms with van der Waals surface area (Å²) >= 11 is 0. The van der Waals surface area contributed by atoms with Gasteiger partial charge in [-0.3, -0.25) is 4.79 Å². The molecule has 1 unspecified atom stereocenters. The Morgan fingerprint density at radius 2 is 1.21 bits per heavy atom. The SMILES string of the molecule is CC(N)C(=O)NCCC[P+](c1ccccc1)(c1ccccc1)c1ccccc1. The van der Waals surface area contributed by atoms with Crippen molar-refractivity contribution in [3.8, 4) is 0 Å². The Labute approximate surface area is 168 Å². The van der Waals surface area contributed by atoms with Crippen LogP contribution in [0.3, 0.4) is 0 Å². The molecule has 0 aliphatic heterocycles. The molecule has 0 heterocycles. The third-order valence-electron chi connectivity index (χ3n) is 4.97. The Balaban J connectivity index is 2.00. The van der Waals surface area contributed by atoms with Crippen LogP contribution in [0.15, 0.2) is 91.0 Å². The lowest BCUT2D eigenvalue weighted by molar-refractivity contribution is -0.121. The van der Waals surface area contributed by atoms with Crippen LogP contribution < -0.4 is 27.0 Å². The normalized spacial score (nSPS) is 12.4. The van der Waals surface area contributed by atoms with E-state index < -0.39 is 13.3 Å². The number of carbonyl (C=O) groups is 1. The van der Waals surface area contributed by atoms with Crippen molar-refractivity contribution in [3.05, 3.63) is 91.0 Å². The molecule has 3 nitrogen and oxygen atoms in total. The lowest BCUT2D eigenvalue weighted by Gasteiger charge is -2.27. The first-order valence-electron chi connectivity index (χ1n) is 9.73. The maximum atomic E-state index is 11.9. The van der Waals surface area contributed by atoms with Gasteiger partial charge in [0.2, 0.25) is 5.91 Å². The molecule has 0 aliphatic carbocycles. The zero-order chi connectivity index (χ0) is 19.8. The highest BCUT2D eigenvalue weighted by molar-refractivity contribution is 7.95. The van der Waals surface area contributed by atoms with E-state index >= 15 is 0 Å². The predicted octanol–water partition coefficient (Wildman–Crippen LogP) is 2.83. The quantitative estimate of drug-likeness (QED) is 0.458. The van der Waals surface area contributed by atoms with E-state index in [9.17, 15) is 4.79 Å². The van der Waals surface area contributed by atoms with Gasteiger partial charge in [-0.05, 0) is 49.7 Å². The summed E-state index contributed by atoms with van der Waals surface area (Å²) in [7, 11) is -1.82. The Hall–Kier alpha value is -2.48. The van der Waals surface area contributed by atoms with Crippen LogP contribution in [0.2, 0.25) is 0 Å². The van der Waals surface area contributed by atoms with Crippen molar-refractivity contribution in [2.24, 2.45) is 5.73 Å². The van der Waals surface area contributed by atoms with E-state index in [4.69, 9.17) is 5.73 Å². The predicted molar refractivity (Wildman–Crippen MR) is 121 cm³/mol. The minimum atomic E-state index is -1.82. The van der Waals surface area contributed by atoms with Crippen molar-refractivity contribution in [1.82, 2.24) is 5.32 Å². The molecule has 0 saturated carbocycles. The Morgan fingerprint density at radius 3 is 1.57 bits per heavy atom. The van der Waals surface area contributed by atoms with E-state index in [0.717, 1.165) is 12.6 Å². The van der Waals surface area contributed by atoms with Gasteiger partial charge in [0.05, 0.1) is 12.2 Å². The first kappa shape index (κ1) is 20.3. The van der Waals surface area contributed by atoms with Gasteiger partial charge in [0.15, 0.2) is 0 Å². The van der Waals surface area contributed by atoms with E-state index in [-0.39, 0.29) is 5.91 Å². The number of amides is 1. The van der Waals surface area contributed by atoms with Gasteiger partial charge in [-0.2, -0.15) is 0 Å². The molecule has 0 aliphatic rings. The van der Waals surface area contributed by atoms with Crippen molar-refractivity contribution in [2.45, 2.75) is 19.4 Å². The second kappa shape index (κ2) is 9.64. The summed E-state index contributed by atoms with van der Waals surface area (Å²) in [6, 6.07) is 31.9. The van der Waals surface area contributed by atoms with E-state index in [1.165, 1.54) is 15.9 Å². The van der Waals surface area contributed by atoms with E-state index in [2.05, 4.69) is 96.3 Å². The summed E-state index contributed by atoms with van der Waals surface area (Å²) in [6.45, 7) is 2.35. The van der Waals surface area contributed by atoms with Gasteiger partial charge in [0.25, 0.3) is 0 Å². The molecule has 0 saturated heterocycles. The molecule has 3 rings (SSSR count). The standard InChI is InChI=1S/C24H27N2OP/c1-20(25)24(27)26-18-11-19-28(21-12-5-2-6-13-21,22-14-7-3-8-15-22)23-16-9-4-10-17-23/h2-10,12-17,20H,11,18-19,25H2,1H3/p+1. The van der Waals surface area contributed by atoms with E-state index in [1.54, 1.807) is 6.92 Å². The van der Waals surface area contributed by atoms with Crippen molar-refractivity contribution in [1.29, 1.82) is 0 Å². The van der Waals surface area contributed by atoms with Crippen molar-refractivity contribution in [3.63, 3.8) is 0 Å². The van der Waals surface area contributed by atoms with E-state index in [0.29, 0.717) is 6.54 Å². The molecule has 1 amide bonds. The molecule has 0 fully saturated rings. The molecule has 3 aromatic carbocycles. The Morgan fingerprint density at radius 1 is 0.821 bits per heavy atom. The minimum absolute atomic E-state index is 0.0944. The van der Waals surface area contributed by atoms with Crippen LogP contribution in [-0.4, -0.2) is 24.7 Å². The van der Waals surface area contributed by atoms with Gasteiger partial charge in [0.1, 0.15) is 23.2 Å². The molecule has 4 heteroatoms. The molecule has 0 bridgehead atoms. The summed E-state index contributed by atoms with van der Waals surface area (Å²) in [5, 5.41) is 7.06. The Bertz CT molecular complexity index is 770.